The molecule has 16 heavy (non-hydrogen) atoms. The minimum Gasteiger partial charge on any atom is -0.377 e. The average molecular weight is 242 g/mol. The second kappa shape index (κ2) is 6.89. The maximum Gasteiger partial charge on any atom is 0.0594 e. The van der Waals surface area contributed by atoms with Crippen LogP contribution in [0.1, 0.15) is 25.0 Å². The van der Waals surface area contributed by atoms with Crippen LogP contribution in [-0.2, 0) is 11.3 Å². The van der Waals surface area contributed by atoms with Gasteiger partial charge in [0.25, 0.3) is 0 Å². The molecule has 0 aliphatic heterocycles. The summed E-state index contributed by atoms with van der Waals surface area (Å²) in [7, 11) is 0. The molecule has 0 unspecified atom stereocenters. The van der Waals surface area contributed by atoms with Crippen LogP contribution >= 0.6 is 11.6 Å². The van der Waals surface area contributed by atoms with E-state index in [4.69, 9.17) is 16.3 Å². The van der Waals surface area contributed by atoms with E-state index < -0.39 is 0 Å². The molecule has 0 saturated heterocycles. The van der Waals surface area contributed by atoms with E-state index >= 15 is 0 Å². The zero-order valence-electron chi connectivity index (χ0n) is 10.2. The van der Waals surface area contributed by atoms with Gasteiger partial charge >= 0.3 is 0 Å². The molecule has 0 aromatic heterocycles. The maximum atomic E-state index is 6.04. The molecule has 0 radical (unpaired) electrons. The first-order valence-corrected chi connectivity index (χ1v) is 6.04. The highest BCUT2D eigenvalue weighted by molar-refractivity contribution is 6.31. The lowest BCUT2D eigenvalue weighted by atomic mass is 10.1. The third kappa shape index (κ3) is 4.97. The predicted molar refractivity (Wildman–Crippen MR) is 69.0 cm³/mol. The number of hydrogen-bond acceptors (Lipinski definition) is 2. The van der Waals surface area contributed by atoms with Gasteiger partial charge in [0.2, 0.25) is 0 Å². The monoisotopic (exact) mass is 241 g/mol. The van der Waals surface area contributed by atoms with Crippen molar-refractivity contribution in [2.75, 3.05) is 13.2 Å². The lowest BCUT2D eigenvalue weighted by Crippen LogP contribution is -2.20. The Bertz CT molecular complexity index is 326. The minimum atomic E-state index is 0.301. The smallest absolute Gasteiger partial charge is 0.0594 e. The molecular weight excluding hydrogens is 222 g/mol. The van der Waals surface area contributed by atoms with Gasteiger partial charge in [-0.15, -0.1) is 0 Å². The average Bonchev–Trinajstić information content (AvgIpc) is 2.22. The number of rotatable bonds is 6. The Morgan fingerprint density at radius 3 is 2.75 bits per heavy atom. The van der Waals surface area contributed by atoms with E-state index in [0.29, 0.717) is 6.10 Å². The molecule has 90 valence electrons. The summed E-state index contributed by atoms with van der Waals surface area (Å²) in [6.07, 6.45) is 0.301. The van der Waals surface area contributed by atoms with Gasteiger partial charge in [-0.2, -0.15) is 0 Å². The molecular formula is C13H20ClNO. The van der Waals surface area contributed by atoms with Crippen molar-refractivity contribution in [2.24, 2.45) is 0 Å². The first-order valence-electron chi connectivity index (χ1n) is 5.67. The number of hydrogen-bond donors (Lipinski definition) is 1. The Morgan fingerprint density at radius 2 is 2.12 bits per heavy atom. The third-order valence-electron chi connectivity index (χ3n) is 2.30. The summed E-state index contributed by atoms with van der Waals surface area (Å²) in [5.74, 6) is 0. The standard InChI is InChI=1S/C13H20ClNO/c1-10(2)16-7-6-15-9-12-5-4-11(3)13(14)8-12/h4-5,8,10,15H,6-7,9H2,1-3H3. The van der Waals surface area contributed by atoms with Gasteiger partial charge in [0.1, 0.15) is 0 Å². The molecule has 3 heteroatoms. The summed E-state index contributed by atoms with van der Waals surface area (Å²) in [6.45, 7) is 8.54. The van der Waals surface area contributed by atoms with Crippen LogP contribution in [0.4, 0.5) is 0 Å². The van der Waals surface area contributed by atoms with Gasteiger partial charge < -0.3 is 10.1 Å². The summed E-state index contributed by atoms with van der Waals surface area (Å²) < 4.78 is 5.43. The number of nitrogens with one attached hydrogen (secondary N) is 1. The largest absolute Gasteiger partial charge is 0.377 e. The topological polar surface area (TPSA) is 21.3 Å². The van der Waals surface area contributed by atoms with E-state index in [1.54, 1.807) is 0 Å². The van der Waals surface area contributed by atoms with Crippen molar-refractivity contribution >= 4 is 11.6 Å². The van der Waals surface area contributed by atoms with Crippen molar-refractivity contribution in [3.8, 4) is 0 Å². The van der Waals surface area contributed by atoms with Gasteiger partial charge in [-0.05, 0) is 38.0 Å². The highest BCUT2D eigenvalue weighted by atomic mass is 35.5. The van der Waals surface area contributed by atoms with Crippen LogP contribution in [0.3, 0.4) is 0 Å². The number of benzene rings is 1. The van der Waals surface area contributed by atoms with Gasteiger partial charge in [-0.3, -0.25) is 0 Å². The van der Waals surface area contributed by atoms with Crippen LogP contribution in [0, 0.1) is 6.92 Å². The lowest BCUT2D eigenvalue weighted by molar-refractivity contribution is 0.0807. The molecule has 0 aliphatic carbocycles. The van der Waals surface area contributed by atoms with Crippen molar-refractivity contribution in [1.29, 1.82) is 0 Å². The molecule has 0 heterocycles. The van der Waals surface area contributed by atoms with E-state index in [0.717, 1.165) is 30.3 Å². The molecule has 0 amide bonds. The first-order chi connectivity index (χ1) is 7.59. The van der Waals surface area contributed by atoms with Crippen LogP contribution in [0.5, 0.6) is 0 Å². The summed E-state index contributed by atoms with van der Waals surface area (Å²) in [5.41, 5.74) is 2.33. The van der Waals surface area contributed by atoms with E-state index in [-0.39, 0.29) is 0 Å². The highest BCUT2D eigenvalue weighted by Crippen LogP contribution is 2.16. The summed E-state index contributed by atoms with van der Waals surface area (Å²) >= 11 is 6.04. The van der Waals surface area contributed by atoms with E-state index in [1.165, 1.54) is 5.56 Å². The first kappa shape index (κ1) is 13.5. The Morgan fingerprint density at radius 1 is 1.38 bits per heavy atom. The fourth-order valence-corrected chi connectivity index (χ4v) is 1.55. The molecule has 1 rings (SSSR count). The normalized spacial score (nSPS) is 11.1. The van der Waals surface area contributed by atoms with E-state index in [9.17, 15) is 0 Å². The molecule has 0 bridgehead atoms. The van der Waals surface area contributed by atoms with Crippen LogP contribution in [-0.4, -0.2) is 19.3 Å². The van der Waals surface area contributed by atoms with Crippen molar-refractivity contribution in [3.63, 3.8) is 0 Å². The van der Waals surface area contributed by atoms with Gasteiger partial charge in [-0.25, -0.2) is 0 Å². The van der Waals surface area contributed by atoms with Crippen LogP contribution in [0.2, 0.25) is 5.02 Å². The van der Waals surface area contributed by atoms with Crippen molar-refractivity contribution in [2.45, 2.75) is 33.4 Å². The zero-order valence-corrected chi connectivity index (χ0v) is 11.0. The Balaban J connectivity index is 2.24. The van der Waals surface area contributed by atoms with E-state index in [2.05, 4.69) is 11.4 Å². The predicted octanol–water partition coefficient (Wildman–Crippen LogP) is 3.16. The molecule has 1 N–H and O–H groups in total. The SMILES string of the molecule is Cc1ccc(CNCCOC(C)C)cc1Cl. The molecule has 1 aromatic carbocycles. The minimum absolute atomic E-state index is 0.301. The number of halogens is 1. The van der Waals surface area contributed by atoms with Crippen molar-refractivity contribution < 1.29 is 4.74 Å². The number of ether oxygens (including phenoxy) is 1. The number of aryl methyl sites for hydroxylation is 1. The van der Waals surface area contributed by atoms with Gasteiger partial charge in [0.15, 0.2) is 0 Å². The zero-order chi connectivity index (χ0) is 12.0. The summed E-state index contributed by atoms with van der Waals surface area (Å²) in [6, 6.07) is 6.15. The van der Waals surface area contributed by atoms with Crippen molar-refractivity contribution in [1.82, 2.24) is 5.32 Å². The van der Waals surface area contributed by atoms with Gasteiger partial charge in [0.05, 0.1) is 12.7 Å². The molecule has 0 atom stereocenters. The van der Waals surface area contributed by atoms with Gasteiger partial charge in [0, 0.05) is 18.1 Å². The van der Waals surface area contributed by atoms with Crippen LogP contribution in [0.15, 0.2) is 18.2 Å². The fraction of sp³-hybridized carbons (Fsp3) is 0.538. The quantitative estimate of drug-likeness (QED) is 0.773. The van der Waals surface area contributed by atoms with Crippen LogP contribution in [0.25, 0.3) is 0 Å². The Labute approximate surface area is 103 Å². The lowest BCUT2D eigenvalue weighted by Gasteiger charge is -2.09. The second-order valence-corrected chi connectivity index (χ2v) is 4.59. The third-order valence-corrected chi connectivity index (χ3v) is 2.70. The Kier molecular flexibility index (Phi) is 5.81. The molecule has 2 nitrogen and oxygen atoms in total. The summed E-state index contributed by atoms with van der Waals surface area (Å²) in [4.78, 5) is 0. The molecule has 0 spiro atoms. The summed E-state index contributed by atoms with van der Waals surface area (Å²) in [5, 5.41) is 4.15. The maximum absolute atomic E-state index is 6.04. The fourth-order valence-electron chi connectivity index (χ4n) is 1.35. The molecule has 0 saturated carbocycles. The molecule has 0 aliphatic rings. The van der Waals surface area contributed by atoms with Crippen LogP contribution < -0.4 is 5.32 Å². The van der Waals surface area contributed by atoms with E-state index in [1.807, 2.05) is 32.9 Å². The second-order valence-electron chi connectivity index (χ2n) is 4.18. The van der Waals surface area contributed by atoms with Crippen molar-refractivity contribution in [3.05, 3.63) is 34.3 Å². The molecule has 0 fully saturated rings. The van der Waals surface area contributed by atoms with Gasteiger partial charge in [-0.1, -0.05) is 23.7 Å². The Hall–Kier alpha value is -0.570. The molecule has 1 aromatic rings. The highest BCUT2D eigenvalue weighted by Gasteiger charge is 1.98.